The summed E-state index contributed by atoms with van der Waals surface area (Å²) in [6.07, 6.45) is 2.46. The Bertz CT molecular complexity index is 1360. The number of anilines is 2. The fraction of sp³-hybridized carbons (Fsp3) is 0.0833. The number of nitrogens with one attached hydrogen (secondary N) is 2. The molecule has 0 unspecified atom stereocenters. The third kappa shape index (κ3) is 3.93. The van der Waals surface area contributed by atoms with E-state index in [1.54, 1.807) is 12.4 Å². The van der Waals surface area contributed by atoms with Gasteiger partial charge in [0.2, 0.25) is 5.65 Å². The van der Waals surface area contributed by atoms with Crippen LogP contribution < -0.4 is 10.6 Å². The Labute approximate surface area is 178 Å². The number of rotatable bonds is 6. The summed E-state index contributed by atoms with van der Waals surface area (Å²) in [7, 11) is 0. The molecule has 0 aliphatic carbocycles. The molecule has 0 aliphatic heterocycles. The van der Waals surface area contributed by atoms with Crippen LogP contribution in [-0.2, 0) is 6.42 Å². The Balaban J connectivity index is 1.34. The van der Waals surface area contributed by atoms with Crippen LogP contribution in [0, 0.1) is 0 Å². The van der Waals surface area contributed by atoms with Gasteiger partial charge < -0.3 is 10.6 Å². The second-order valence-corrected chi connectivity index (χ2v) is 7.17. The normalized spacial score (nSPS) is 11.0. The third-order valence-corrected chi connectivity index (χ3v) is 5.06. The quantitative estimate of drug-likeness (QED) is 0.444. The fourth-order valence-electron chi connectivity index (χ4n) is 3.53. The molecule has 0 saturated heterocycles. The SMILES string of the molecule is O=C(NCCc1ccccc1)c1cccc(Nc2nc3ccccc3n3cnnc23)c1. The number of fused-ring (bicyclic) bond motifs is 3. The number of aromatic nitrogens is 4. The van der Waals surface area contributed by atoms with Crippen LogP contribution in [0.4, 0.5) is 11.5 Å². The molecule has 5 rings (SSSR count). The lowest BCUT2D eigenvalue weighted by molar-refractivity contribution is 0.0954. The first-order valence-corrected chi connectivity index (χ1v) is 10.1. The molecule has 3 aromatic carbocycles. The Morgan fingerprint density at radius 3 is 2.68 bits per heavy atom. The molecule has 0 fully saturated rings. The Morgan fingerprint density at radius 1 is 0.935 bits per heavy atom. The van der Waals surface area contributed by atoms with E-state index in [4.69, 9.17) is 4.98 Å². The lowest BCUT2D eigenvalue weighted by atomic mass is 10.1. The summed E-state index contributed by atoms with van der Waals surface area (Å²) >= 11 is 0. The van der Waals surface area contributed by atoms with E-state index in [0.29, 0.717) is 23.6 Å². The predicted molar refractivity (Wildman–Crippen MR) is 120 cm³/mol. The molecule has 0 spiro atoms. The van der Waals surface area contributed by atoms with Crippen LogP contribution in [0.2, 0.25) is 0 Å². The minimum atomic E-state index is -0.112. The summed E-state index contributed by atoms with van der Waals surface area (Å²) < 4.78 is 1.89. The van der Waals surface area contributed by atoms with E-state index in [2.05, 4.69) is 33.0 Å². The Kier molecular flexibility index (Phi) is 4.98. The molecule has 5 aromatic rings. The van der Waals surface area contributed by atoms with Gasteiger partial charge in [-0.1, -0.05) is 48.5 Å². The summed E-state index contributed by atoms with van der Waals surface area (Å²) in [5.74, 6) is 0.469. The van der Waals surface area contributed by atoms with Gasteiger partial charge in [-0.25, -0.2) is 4.98 Å². The zero-order valence-corrected chi connectivity index (χ0v) is 16.7. The van der Waals surface area contributed by atoms with E-state index >= 15 is 0 Å². The van der Waals surface area contributed by atoms with Crippen molar-refractivity contribution in [3.05, 3.63) is 96.3 Å². The fourth-order valence-corrected chi connectivity index (χ4v) is 3.53. The first kappa shape index (κ1) is 18.7. The first-order valence-electron chi connectivity index (χ1n) is 10.1. The highest BCUT2D eigenvalue weighted by Gasteiger charge is 2.12. The average molecular weight is 408 g/mol. The van der Waals surface area contributed by atoms with Crippen molar-refractivity contribution in [2.24, 2.45) is 0 Å². The van der Waals surface area contributed by atoms with Crippen LogP contribution in [0.15, 0.2) is 85.2 Å². The van der Waals surface area contributed by atoms with Gasteiger partial charge in [-0.15, -0.1) is 10.2 Å². The Morgan fingerprint density at radius 2 is 1.77 bits per heavy atom. The largest absolute Gasteiger partial charge is 0.352 e. The number of benzene rings is 3. The number of para-hydroxylation sites is 2. The highest BCUT2D eigenvalue weighted by atomic mass is 16.1. The molecule has 7 heteroatoms. The second-order valence-electron chi connectivity index (χ2n) is 7.17. The van der Waals surface area contributed by atoms with Gasteiger partial charge >= 0.3 is 0 Å². The van der Waals surface area contributed by atoms with Gasteiger partial charge in [-0.3, -0.25) is 9.20 Å². The number of amides is 1. The van der Waals surface area contributed by atoms with Crippen LogP contribution in [0.5, 0.6) is 0 Å². The van der Waals surface area contributed by atoms with E-state index in [-0.39, 0.29) is 5.91 Å². The van der Waals surface area contributed by atoms with Crippen molar-refractivity contribution in [2.45, 2.75) is 6.42 Å². The molecular weight excluding hydrogens is 388 g/mol. The van der Waals surface area contributed by atoms with E-state index in [1.807, 2.05) is 65.1 Å². The van der Waals surface area contributed by atoms with Crippen LogP contribution in [0.25, 0.3) is 16.7 Å². The van der Waals surface area contributed by atoms with Crippen LogP contribution in [-0.4, -0.2) is 32.0 Å². The van der Waals surface area contributed by atoms with Gasteiger partial charge in [0.25, 0.3) is 5.91 Å². The van der Waals surface area contributed by atoms with Crippen molar-refractivity contribution >= 4 is 34.1 Å². The molecule has 0 aliphatic rings. The molecule has 152 valence electrons. The lowest BCUT2D eigenvalue weighted by Crippen LogP contribution is -2.25. The second kappa shape index (κ2) is 8.23. The van der Waals surface area contributed by atoms with Crippen molar-refractivity contribution in [1.82, 2.24) is 24.9 Å². The van der Waals surface area contributed by atoms with Gasteiger partial charge in [0.1, 0.15) is 6.33 Å². The van der Waals surface area contributed by atoms with Crippen LogP contribution in [0.3, 0.4) is 0 Å². The van der Waals surface area contributed by atoms with Crippen molar-refractivity contribution in [3.8, 4) is 0 Å². The molecule has 1 amide bonds. The number of hydrogen-bond donors (Lipinski definition) is 2. The maximum absolute atomic E-state index is 12.6. The van der Waals surface area contributed by atoms with Crippen molar-refractivity contribution < 1.29 is 4.79 Å². The van der Waals surface area contributed by atoms with Crippen molar-refractivity contribution in [2.75, 3.05) is 11.9 Å². The molecule has 0 bridgehead atoms. The van der Waals surface area contributed by atoms with E-state index < -0.39 is 0 Å². The van der Waals surface area contributed by atoms with Gasteiger partial charge in [0.05, 0.1) is 11.0 Å². The molecule has 0 saturated carbocycles. The molecule has 7 nitrogen and oxygen atoms in total. The highest BCUT2D eigenvalue weighted by molar-refractivity contribution is 5.95. The molecule has 0 atom stereocenters. The van der Waals surface area contributed by atoms with Crippen molar-refractivity contribution in [3.63, 3.8) is 0 Å². The monoisotopic (exact) mass is 408 g/mol. The summed E-state index contributed by atoms with van der Waals surface area (Å²) in [5.41, 5.74) is 4.90. The molecular formula is C24H20N6O. The predicted octanol–water partition coefficient (Wildman–Crippen LogP) is 3.99. The summed E-state index contributed by atoms with van der Waals surface area (Å²) in [4.78, 5) is 17.3. The molecule has 0 radical (unpaired) electrons. The van der Waals surface area contributed by atoms with Gasteiger partial charge in [0, 0.05) is 17.8 Å². The van der Waals surface area contributed by atoms with Gasteiger partial charge in [-0.2, -0.15) is 0 Å². The highest BCUT2D eigenvalue weighted by Crippen LogP contribution is 2.23. The van der Waals surface area contributed by atoms with E-state index in [0.717, 1.165) is 23.1 Å². The van der Waals surface area contributed by atoms with Gasteiger partial charge in [0.15, 0.2) is 5.82 Å². The van der Waals surface area contributed by atoms with Crippen LogP contribution in [0.1, 0.15) is 15.9 Å². The maximum Gasteiger partial charge on any atom is 0.251 e. The molecule has 31 heavy (non-hydrogen) atoms. The maximum atomic E-state index is 12.6. The standard InChI is InChI=1S/C24H20N6O/c31-24(25-14-13-17-7-2-1-3-8-17)18-9-6-10-19(15-18)27-22-23-29-26-16-30(23)21-12-5-4-11-20(21)28-22/h1-12,15-16H,13-14H2,(H,25,31)(H,27,28). The zero-order valence-electron chi connectivity index (χ0n) is 16.7. The summed E-state index contributed by atoms with van der Waals surface area (Å²) in [6.45, 7) is 0.576. The molecule has 2 aromatic heterocycles. The first-order chi connectivity index (χ1) is 15.3. The Hall–Kier alpha value is -4.26. The summed E-state index contributed by atoms with van der Waals surface area (Å²) in [5, 5.41) is 14.5. The average Bonchev–Trinajstić information content (AvgIpc) is 3.31. The van der Waals surface area contributed by atoms with Crippen molar-refractivity contribution in [1.29, 1.82) is 0 Å². The number of carbonyl (C=O) groups excluding carboxylic acids is 1. The van der Waals surface area contributed by atoms with E-state index in [9.17, 15) is 4.79 Å². The smallest absolute Gasteiger partial charge is 0.251 e. The zero-order chi connectivity index (χ0) is 21.0. The minimum absolute atomic E-state index is 0.112. The lowest BCUT2D eigenvalue weighted by Gasteiger charge is -2.10. The number of nitrogens with zero attached hydrogens (tertiary/aromatic N) is 4. The number of carbonyl (C=O) groups is 1. The third-order valence-electron chi connectivity index (χ3n) is 5.06. The van der Waals surface area contributed by atoms with Crippen LogP contribution >= 0.6 is 0 Å². The molecule has 2 N–H and O–H groups in total. The van der Waals surface area contributed by atoms with Gasteiger partial charge in [-0.05, 0) is 42.3 Å². The summed E-state index contributed by atoms with van der Waals surface area (Å²) in [6, 6.07) is 25.2. The topological polar surface area (TPSA) is 84.2 Å². The minimum Gasteiger partial charge on any atom is -0.352 e. The molecule has 2 heterocycles. The van der Waals surface area contributed by atoms with E-state index in [1.165, 1.54) is 5.56 Å². The number of hydrogen-bond acceptors (Lipinski definition) is 5.